The van der Waals surface area contributed by atoms with Crippen molar-refractivity contribution >= 4 is 33.2 Å². The Morgan fingerprint density at radius 1 is 1.08 bits per heavy atom. The fourth-order valence-electron chi connectivity index (χ4n) is 3.03. The van der Waals surface area contributed by atoms with Crippen molar-refractivity contribution in [1.82, 2.24) is 4.98 Å². The van der Waals surface area contributed by atoms with Gasteiger partial charge in [-0.3, -0.25) is 14.7 Å². The van der Waals surface area contributed by atoms with E-state index in [-0.39, 0.29) is 12.1 Å². The molecule has 0 saturated carbocycles. The summed E-state index contributed by atoms with van der Waals surface area (Å²) in [4.78, 5) is 19.2. The summed E-state index contributed by atoms with van der Waals surface area (Å²) < 4.78 is 0.977. The van der Waals surface area contributed by atoms with Gasteiger partial charge in [0.15, 0.2) is 6.17 Å². The maximum absolute atomic E-state index is 13.0. The van der Waals surface area contributed by atoms with Crippen molar-refractivity contribution in [1.29, 1.82) is 0 Å². The molecule has 0 saturated heterocycles. The largest absolute Gasteiger partial charge is 0.360 e. The van der Waals surface area contributed by atoms with Crippen LogP contribution in [0, 0.1) is 6.92 Å². The molecule has 1 N–H and O–H groups in total. The molecule has 0 fully saturated rings. The molecule has 0 spiro atoms. The second kappa shape index (κ2) is 6.33. The number of nitrogens with one attached hydrogen (secondary N) is 1. The van der Waals surface area contributed by atoms with E-state index in [1.807, 2.05) is 61.5 Å². The molecule has 5 heteroatoms. The summed E-state index contributed by atoms with van der Waals surface area (Å²) in [5.74, 6) is -0.0422. The summed E-state index contributed by atoms with van der Waals surface area (Å²) in [7, 11) is 0. The average molecular weight is 394 g/mol. The van der Waals surface area contributed by atoms with Crippen LogP contribution in [-0.4, -0.2) is 10.9 Å². The average Bonchev–Trinajstić information content (AvgIpc) is 2.89. The fourth-order valence-corrected chi connectivity index (χ4v) is 3.43. The van der Waals surface area contributed by atoms with Crippen molar-refractivity contribution in [2.45, 2.75) is 13.1 Å². The number of benzene rings is 2. The number of pyridine rings is 1. The van der Waals surface area contributed by atoms with Crippen LogP contribution < -0.4 is 10.2 Å². The first kappa shape index (κ1) is 15.8. The first-order chi connectivity index (χ1) is 12.1. The predicted octanol–water partition coefficient (Wildman–Crippen LogP) is 4.92. The van der Waals surface area contributed by atoms with Crippen LogP contribution in [0.4, 0.5) is 11.4 Å². The van der Waals surface area contributed by atoms with E-state index in [0.29, 0.717) is 5.56 Å². The quantitative estimate of drug-likeness (QED) is 0.686. The summed E-state index contributed by atoms with van der Waals surface area (Å²) in [6, 6.07) is 19.5. The summed E-state index contributed by atoms with van der Waals surface area (Å²) in [5, 5.41) is 3.44. The summed E-state index contributed by atoms with van der Waals surface area (Å²) >= 11 is 3.49. The molecule has 1 unspecified atom stereocenters. The number of anilines is 2. The molecule has 0 radical (unpaired) electrons. The Kier molecular flexibility index (Phi) is 4.01. The highest BCUT2D eigenvalue weighted by atomic mass is 79.9. The van der Waals surface area contributed by atoms with Gasteiger partial charge in [0.25, 0.3) is 5.91 Å². The van der Waals surface area contributed by atoms with Crippen molar-refractivity contribution in [3.05, 3.63) is 88.2 Å². The van der Waals surface area contributed by atoms with Gasteiger partial charge in [-0.1, -0.05) is 39.7 Å². The minimum atomic E-state index is -0.347. The number of hydrogen-bond donors (Lipinski definition) is 1. The Bertz CT molecular complexity index is 940. The first-order valence-electron chi connectivity index (χ1n) is 8.01. The molecule has 0 aliphatic carbocycles. The van der Waals surface area contributed by atoms with Crippen LogP contribution in [-0.2, 0) is 0 Å². The van der Waals surface area contributed by atoms with Gasteiger partial charge < -0.3 is 5.32 Å². The number of fused-ring (bicyclic) bond motifs is 1. The molecule has 1 aliphatic heterocycles. The molecule has 0 bridgehead atoms. The highest BCUT2D eigenvalue weighted by molar-refractivity contribution is 9.10. The summed E-state index contributed by atoms with van der Waals surface area (Å²) in [6.45, 7) is 2.03. The fraction of sp³-hybridized carbons (Fsp3) is 0.100. The summed E-state index contributed by atoms with van der Waals surface area (Å²) in [6.07, 6.45) is 1.38. The molecule has 1 aliphatic rings. The molecular formula is C20H16BrN3O. The van der Waals surface area contributed by atoms with Crippen molar-refractivity contribution in [2.75, 3.05) is 10.2 Å². The van der Waals surface area contributed by atoms with E-state index in [2.05, 4.69) is 26.2 Å². The molecule has 1 atom stereocenters. The van der Waals surface area contributed by atoms with Gasteiger partial charge in [0.2, 0.25) is 0 Å². The lowest BCUT2D eigenvalue weighted by molar-refractivity contribution is 0.0993. The van der Waals surface area contributed by atoms with E-state index in [1.54, 1.807) is 17.2 Å². The Labute approximate surface area is 154 Å². The van der Waals surface area contributed by atoms with Gasteiger partial charge >= 0.3 is 0 Å². The van der Waals surface area contributed by atoms with Crippen LogP contribution >= 0.6 is 15.9 Å². The van der Waals surface area contributed by atoms with Crippen LogP contribution in [0.15, 0.2) is 71.3 Å². The molecule has 4 nitrogen and oxygen atoms in total. The molecule has 4 rings (SSSR count). The second-order valence-electron chi connectivity index (χ2n) is 6.00. The van der Waals surface area contributed by atoms with Gasteiger partial charge in [0.05, 0.1) is 11.3 Å². The lowest BCUT2D eigenvalue weighted by Crippen LogP contribution is -2.32. The number of hydrogen-bond acceptors (Lipinski definition) is 3. The number of carbonyl (C=O) groups excluding carboxylic acids is 1. The minimum absolute atomic E-state index is 0.0422. The van der Waals surface area contributed by atoms with Crippen molar-refractivity contribution < 1.29 is 4.79 Å². The molecule has 2 heterocycles. The Hall–Kier alpha value is -2.66. The number of amides is 1. The highest BCUT2D eigenvalue weighted by Gasteiger charge is 2.38. The molecular weight excluding hydrogens is 378 g/mol. The van der Waals surface area contributed by atoms with Crippen molar-refractivity contribution in [2.24, 2.45) is 0 Å². The number of rotatable bonds is 3. The molecule has 3 aromatic rings. The normalized spacial score (nSPS) is 16.0. The van der Waals surface area contributed by atoms with Gasteiger partial charge in [0, 0.05) is 22.0 Å². The smallest absolute Gasteiger partial charge is 0.262 e. The van der Waals surface area contributed by atoms with Crippen LogP contribution in [0.1, 0.15) is 27.8 Å². The molecule has 1 aromatic heterocycles. The van der Waals surface area contributed by atoms with Crippen molar-refractivity contribution in [3.8, 4) is 0 Å². The monoisotopic (exact) mass is 393 g/mol. The van der Waals surface area contributed by atoms with Crippen LogP contribution in [0.3, 0.4) is 0 Å². The Balaban J connectivity index is 1.78. The summed E-state index contributed by atoms with van der Waals surface area (Å²) in [5.41, 5.74) is 4.30. The van der Waals surface area contributed by atoms with Crippen LogP contribution in [0.5, 0.6) is 0 Å². The van der Waals surface area contributed by atoms with E-state index in [4.69, 9.17) is 0 Å². The van der Waals surface area contributed by atoms with Gasteiger partial charge in [-0.05, 0) is 49.4 Å². The van der Waals surface area contributed by atoms with E-state index < -0.39 is 0 Å². The topological polar surface area (TPSA) is 45.2 Å². The molecule has 124 valence electrons. The number of aromatic nitrogens is 1. The zero-order chi connectivity index (χ0) is 17.4. The maximum Gasteiger partial charge on any atom is 0.262 e. The number of carbonyl (C=O) groups is 1. The van der Waals surface area contributed by atoms with Crippen LogP contribution in [0.25, 0.3) is 0 Å². The second-order valence-corrected chi connectivity index (χ2v) is 6.92. The predicted molar refractivity (Wildman–Crippen MR) is 103 cm³/mol. The first-order valence-corrected chi connectivity index (χ1v) is 8.80. The molecule has 1 amide bonds. The number of nitrogens with zero attached hydrogens (tertiary/aromatic N) is 2. The van der Waals surface area contributed by atoms with E-state index in [1.165, 1.54) is 0 Å². The highest BCUT2D eigenvalue weighted by Crippen LogP contribution is 2.37. The molecule has 2 aromatic carbocycles. The van der Waals surface area contributed by atoms with Gasteiger partial charge in [-0.2, -0.15) is 0 Å². The van der Waals surface area contributed by atoms with E-state index in [9.17, 15) is 4.79 Å². The SMILES string of the molecule is Cc1ccc(N2C(=O)c3cccnc3C2Nc2cccc(Br)c2)cc1. The van der Waals surface area contributed by atoms with E-state index in [0.717, 1.165) is 27.1 Å². The van der Waals surface area contributed by atoms with Gasteiger partial charge in [0.1, 0.15) is 0 Å². The third kappa shape index (κ3) is 2.91. The molecule has 25 heavy (non-hydrogen) atoms. The maximum atomic E-state index is 13.0. The van der Waals surface area contributed by atoms with Gasteiger partial charge in [-0.15, -0.1) is 0 Å². The van der Waals surface area contributed by atoms with Gasteiger partial charge in [-0.25, -0.2) is 0 Å². The lowest BCUT2D eigenvalue weighted by Gasteiger charge is -2.26. The van der Waals surface area contributed by atoms with Crippen molar-refractivity contribution in [3.63, 3.8) is 0 Å². The third-order valence-electron chi connectivity index (χ3n) is 4.25. The zero-order valence-corrected chi connectivity index (χ0v) is 15.2. The Morgan fingerprint density at radius 3 is 2.64 bits per heavy atom. The number of halogens is 1. The number of aryl methyl sites for hydroxylation is 1. The minimum Gasteiger partial charge on any atom is -0.360 e. The Morgan fingerprint density at radius 2 is 1.88 bits per heavy atom. The van der Waals surface area contributed by atoms with E-state index >= 15 is 0 Å². The lowest BCUT2D eigenvalue weighted by atomic mass is 10.2. The van der Waals surface area contributed by atoms with Crippen LogP contribution in [0.2, 0.25) is 0 Å². The third-order valence-corrected chi connectivity index (χ3v) is 4.74. The standard InChI is InChI=1S/C20H16BrN3O/c1-13-7-9-16(10-8-13)24-19(23-15-5-2-4-14(21)12-15)18-17(20(24)25)6-3-11-22-18/h2-12,19,23H,1H3. The zero-order valence-electron chi connectivity index (χ0n) is 13.6.